The summed E-state index contributed by atoms with van der Waals surface area (Å²) in [6.45, 7) is 1.49. The van der Waals surface area contributed by atoms with E-state index in [4.69, 9.17) is 14.2 Å². The van der Waals surface area contributed by atoms with Gasteiger partial charge in [-0.25, -0.2) is 4.79 Å². The molecule has 0 bridgehead atoms. The molecule has 0 aromatic heterocycles. The number of carbonyl (C=O) groups is 3. The zero-order valence-electron chi connectivity index (χ0n) is 15.3. The number of hydrogen-bond acceptors (Lipinski definition) is 6. The fourth-order valence-electron chi connectivity index (χ4n) is 2.77. The first-order chi connectivity index (χ1) is 13.7. The van der Waals surface area contributed by atoms with E-state index < -0.39 is 0 Å². The monoisotopic (exact) mass is 383 g/mol. The maximum absolute atomic E-state index is 12.2. The van der Waals surface area contributed by atoms with Crippen LogP contribution in [0.2, 0.25) is 0 Å². The summed E-state index contributed by atoms with van der Waals surface area (Å²) in [5.41, 5.74) is 1.36. The van der Waals surface area contributed by atoms with Crippen LogP contribution in [0.3, 0.4) is 0 Å². The van der Waals surface area contributed by atoms with E-state index in [1.54, 1.807) is 48.5 Å². The molecule has 28 heavy (non-hydrogen) atoms. The molecular formula is C21H21NO6. The van der Waals surface area contributed by atoms with Gasteiger partial charge in [-0.15, -0.1) is 0 Å². The number of ether oxygens (including phenoxy) is 3. The van der Waals surface area contributed by atoms with E-state index in [1.165, 1.54) is 4.90 Å². The fourth-order valence-corrected chi connectivity index (χ4v) is 2.77. The van der Waals surface area contributed by atoms with Crippen molar-refractivity contribution in [3.05, 3.63) is 71.3 Å². The van der Waals surface area contributed by atoms with Crippen molar-refractivity contribution >= 4 is 17.8 Å². The molecular weight excluding hydrogens is 362 g/mol. The Morgan fingerprint density at radius 3 is 1.89 bits per heavy atom. The number of fused-ring (bicyclic) bond motifs is 1. The molecule has 1 heterocycles. The summed E-state index contributed by atoms with van der Waals surface area (Å²) in [6, 6.07) is 15.5. The van der Waals surface area contributed by atoms with E-state index in [0.717, 1.165) is 0 Å². The van der Waals surface area contributed by atoms with Crippen LogP contribution in [0.4, 0.5) is 0 Å². The highest BCUT2D eigenvalue weighted by atomic mass is 16.6. The van der Waals surface area contributed by atoms with Crippen molar-refractivity contribution in [2.45, 2.75) is 0 Å². The number of rotatable bonds is 10. The van der Waals surface area contributed by atoms with E-state index >= 15 is 0 Å². The van der Waals surface area contributed by atoms with Crippen molar-refractivity contribution < 1.29 is 28.6 Å². The Morgan fingerprint density at radius 2 is 1.25 bits per heavy atom. The van der Waals surface area contributed by atoms with Crippen LogP contribution in [-0.4, -0.2) is 62.3 Å². The van der Waals surface area contributed by atoms with Crippen LogP contribution in [0.1, 0.15) is 31.1 Å². The van der Waals surface area contributed by atoms with Crippen molar-refractivity contribution in [2.75, 3.05) is 39.6 Å². The lowest BCUT2D eigenvalue weighted by Gasteiger charge is -2.13. The lowest BCUT2D eigenvalue weighted by Crippen LogP contribution is -2.33. The standard InChI is InChI=1S/C21H21NO6/c23-19-17-8-4-5-9-18(17)20(24)22(19)10-11-26-12-13-27-14-15-28-21(25)16-6-2-1-3-7-16/h1-9H,10-15H2. The number of carbonyl (C=O) groups excluding carboxylic acids is 3. The number of amides is 2. The number of nitrogens with zero attached hydrogens (tertiary/aromatic N) is 1. The molecule has 0 unspecified atom stereocenters. The van der Waals surface area contributed by atoms with Gasteiger partial charge >= 0.3 is 5.97 Å². The van der Waals surface area contributed by atoms with Crippen LogP contribution in [0.5, 0.6) is 0 Å². The summed E-state index contributed by atoms with van der Waals surface area (Å²) in [5, 5.41) is 0. The Kier molecular flexibility index (Phi) is 6.89. The van der Waals surface area contributed by atoms with Crippen LogP contribution in [0.25, 0.3) is 0 Å². The molecule has 0 saturated carbocycles. The Balaban J connectivity index is 1.24. The molecule has 3 rings (SSSR count). The van der Waals surface area contributed by atoms with Crippen molar-refractivity contribution in [2.24, 2.45) is 0 Å². The quantitative estimate of drug-likeness (QED) is 0.355. The molecule has 7 nitrogen and oxygen atoms in total. The largest absolute Gasteiger partial charge is 0.460 e. The van der Waals surface area contributed by atoms with E-state index in [1.807, 2.05) is 6.07 Å². The molecule has 1 aliphatic heterocycles. The van der Waals surface area contributed by atoms with Gasteiger partial charge in [0.15, 0.2) is 0 Å². The third-order valence-electron chi connectivity index (χ3n) is 4.18. The normalized spacial score (nSPS) is 12.9. The number of hydrogen-bond donors (Lipinski definition) is 0. The minimum atomic E-state index is -0.388. The average Bonchev–Trinajstić information content (AvgIpc) is 2.98. The molecule has 0 fully saturated rings. The van der Waals surface area contributed by atoms with Crippen LogP contribution in [-0.2, 0) is 14.2 Å². The highest BCUT2D eigenvalue weighted by molar-refractivity contribution is 6.21. The molecule has 2 aromatic carbocycles. The molecule has 0 aliphatic carbocycles. The first-order valence-electron chi connectivity index (χ1n) is 9.01. The molecule has 146 valence electrons. The summed E-state index contributed by atoms with van der Waals surface area (Å²) in [7, 11) is 0. The molecule has 0 atom stereocenters. The maximum atomic E-state index is 12.2. The molecule has 2 aromatic rings. The minimum Gasteiger partial charge on any atom is -0.460 e. The van der Waals surface area contributed by atoms with Crippen molar-refractivity contribution in [1.29, 1.82) is 0 Å². The van der Waals surface area contributed by atoms with E-state index in [-0.39, 0.29) is 44.1 Å². The Labute approximate surface area is 162 Å². The van der Waals surface area contributed by atoms with Crippen LogP contribution >= 0.6 is 0 Å². The van der Waals surface area contributed by atoms with E-state index in [2.05, 4.69) is 0 Å². The van der Waals surface area contributed by atoms with Gasteiger partial charge in [0, 0.05) is 0 Å². The lowest BCUT2D eigenvalue weighted by molar-refractivity contribution is 0.0118. The van der Waals surface area contributed by atoms with Gasteiger partial charge in [-0.05, 0) is 24.3 Å². The first kappa shape index (κ1) is 19.7. The number of imide groups is 1. The predicted molar refractivity (Wildman–Crippen MR) is 100 cm³/mol. The summed E-state index contributed by atoms with van der Waals surface area (Å²) in [6.07, 6.45) is 0. The lowest BCUT2D eigenvalue weighted by atomic mass is 10.1. The zero-order valence-corrected chi connectivity index (χ0v) is 15.3. The SMILES string of the molecule is O=C(OCCOCCOCCN1C(=O)c2ccccc2C1=O)c1ccccc1. The summed E-state index contributed by atoms with van der Waals surface area (Å²) in [5.74, 6) is -0.970. The summed E-state index contributed by atoms with van der Waals surface area (Å²) < 4.78 is 15.8. The van der Waals surface area contributed by atoms with Crippen molar-refractivity contribution in [1.82, 2.24) is 4.90 Å². The van der Waals surface area contributed by atoms with Crippen LogP contribution in [0.15, 0.2) is 54.6 Å². The summed E-state index contributed by atoms with van der Waals surface area (Å²) in [4.78, 5) is 37.3. The molecule has 0 N–H and O–H groups in total. The second kappa shape index (κ2) is 9.77. The fraction of sp³-hybridized carbons (Fsp3) is 0.286. The molecule has 0 radical (unpaired) electrons. The van der Waals surface area contributed by atoms with Gasteiger partial charge < -0.3 is 14.2 Å². The van der Waals surface area contributed by atoms with Crippen molar-refractivity contribution in [3.8, 4) is 0 Å². The highest BCUT2D eigenvalue weighted by Crippen LogP contribution is 2.21. The second-order valence-electron chi connectivity index (χ2n) is 6.03. The van der Waals surface area contributed by atoms with Gasteiger partial charge in [0.05, 0.1) is 49.7 Å². The Hall–Kier alpha value is -3.03. The number of benzene rings is 2. The number of esters is 1. The van der Waals surface area contributed by atoms with Gasteiger partial charge in [0.2, 0.25) is 0 Å². The van der Waals surface area contributed by atoms with Gasteiger partial charge in [-0.3, -0.25) is 14.5 Å². The first-order valence-corrected chi connectivity index (χ1v) is 9.01. The topological polar surface area (TPSA) is 82.1 Å². The molecule has 1 aliphatic rings. The van der Waals surface area contributed by atoms with Crippen molar-refractivity contribution in [3.63, 3.8) is 0 Å². The van der Waals surface area contributed by atoms with Gasteiger partial charge in [-0.2, -0.15) is 0 Å². The third kappa shape index (κ3) is 4.82. The minimum absolute atomic E-state index is 0.156. The Morgan fingerprint density at radius 1 is 0.714 bits per heavy atom. The third-order valence-corrected chi connectivity index (χ3v) is 4.18. The van der Waals surface area contributed by atoms with Crippen LogP contribution < -0.4 is 0 Å². The molecule has 0 spiro atoms. The van der Waals surface area contributed by atoms with Crippen LogP contribution in [0, 0.1) is 0 Å². The van der Waals surface area contributed by atoms with E-state index in [0.29, 0.717) is 29.9 Å². The highest BCUT2D eigenvalue weighted by Gasteiger charge is 2.34. The Bertz CT molecular complexity index is 801. The molecule has 2 amide bonds. The molecule has 0 saturated heterocycles. The van der Waals surface area contributed by atoms with E-state index in [9.17, 15) is 14.4 Å². The predicted octanol–water partition coefficient (Wildman–Crippen LogP) is 2.17. The van der Waals surface area contributed by atoms with Gasteiger partial charge in [-0.1, -0.05) is 30.3 Å². The summed E-state index contributed by atoms with van der Waals surface area (Å²) >= 11 is 0. The molecule has 7 heteroatoms. The second-order valence-corrected chi connectivity index (χ2v) is 6.03. The zero-order chi connectivity index (χ0) is 19.8. The maximum Gasteiger partial charge on any atom is 0.338 e. The van der Waals surface area contributed by atoms with Gasteiger partial charge in [0.1, 0.15) is 6.61 Å². The van der Waals surface area contributed by atoms with Gasteiger partial charge in [0.25, 0.3) is 11.8 Å². The smallest absolute Gasteiger partial charge is 0.338 e. The average molecular weight is 383 g/mol.